The molecule has 190 valence electrons. The van der Waals surface area contributed by atoms with Crippen LogP contribution in [-0.4, -0.2) is 55.1 Å². The summed E-state index contributed by atoms with van der Waals surface area (Å²) in [7, 11) is 2.04. The number of unbranched alkanes of at least 4 members (excludes halogenated alkanes) is 1. The molecule has 0 bridgehead atoms. The minimum atomic E-state index is -0.853. The van der Waals surface area contributed by atoms with Crippen LogP contribution in [0.4, 0.5) is 0 Å². The number of rotatable bonds is 10. The zero-order valence-electron chi connectivity index (χ0n) is 21.8. The Morgan fingerprint density at radius 3 is 2.56 bits per heavy atom. The zero-order chi connectivity index (χ0) is 25.5. The standard InChI is InChI=1S/C29H39BN4O2/c1-2-3-17-29(24-12-8-13-25(30)20-24)27(36)34(28(31)32-29)21-23-15-18-33(19-16-23)26(35)14-7-11-22-9-5-4-6-10-22/h4-6,8-10,12-13,20,23H,2-3,7,11,14-19,21,30H2,1H3,(H2,31,32). The molecule has 2 heterocycles. The fraction of sp³-hybridized carbons (Fsp3) is 0.483. The second-order valence-electron chi connectivity index (χ2n) is 10.4. The van der Waals surface area contributed by atoms with Crippen LogP contribution < -0.4 is 10.8 Å². The van der Waals surface area contributed by atoms with E-state index < -0.39 is 5.54 Å². The number of aryl methyl sites for hydroxylation is 1. The first-order valence-electron chi connectivity index (χ1n) is 13.5. The maximum atomic E-state index is 13.8. The summed E-state index contributed by atoms with van der Waals surface area (Å²) < 4.78 is 0. The minimum Gasteiger partial charge on any atom is -0.343 e. The van der Waals surface area contributed by atoms with Gasteiger partial charge in [0.05, 0.1) is 0 Å². The highest BCUT2D eigenvalue weighted by Gasteiger charge is 2.50. The van der Waals surface area contributed by atoms with Gasteiger partial charge < -0.3 is 10.2 Å². The van der Waals surface area contributed by atoms with Crippen molar-refractivity contribution in [3.63, 3.8) is 0 Å². The Balaban J connectivity index is 1.32. The summed E-state index contributed by atoms with van der Waals surface area (Å²) in [6, 6.07) is 18.4. The van der Waals surface area contributed by atoms with E-state index in [0.29, 0.717) is 25.3 Å². The van der Waals surface area contributed by atoms with Crippen molar-refractivity contribution < 1.29 is 9.59 Å². The number of nitrogens with one attached hydrogen (secondary N) is 2. The quantitative estimate of drug-likeness (QED) is 0.507. The number of hydrogen-bond donors (Lipinski definition) is 2. The molecule has 6 nitrogen and oxygen atoms in total. The van der Waals surface area contributed by atoms with Crippen LogP contribution >= 0.6 is 0 Å². The molecule has 2 aliphatic rings. The monoisotopic (exact) mass is 486 g/mol. The van der Waals surface area contributed by atoms with Crippen LogP contribution in [0.2, 0.25) is 0 Å². The molecular weight excluding hydrogens is 447 g/mol. The van der Waals surface area contributed by atoms with Gasteiger partial charge in [-0.1, -0.05) is 79.8 Å². The van der Waals surface area contributed by atoms with Crippen LogP contribution in [-0.2, 0) is 21.5 Å². The van der Waals surface area contributed by atoms with Crippen LogP contribution in [0, 0.1) is 11.3 Å². The molecule has 2 aromatic carbocycles. The summed E-state index contributed by atoms with van der Waals surface area (Å²) in [5.74, 6) is 0.723. The van der Waals surface area contributed by atoms with E-state index >= 15 is 0 Å². The number of nitrogens with zero attached hydrogens (tertiary/aromatic N) is 2. The minimum absolute atomic E-state index is 0.00836. The van der Waals surface area contributed by atoms with Crippen LogP contribution in [0.1, 0.15) is 63.0 Å². The first kappa shape index (κ1) is 26.0. The third-order valence-electron chi connectivity index (χ3n) is 7.74. The van der Waals surface area contributed by atoms with Crippen molar-refractivity contribution in [2.75, 3.05) is 19.6 Å². The van der Waals surface area contributed by atoms with Crippen LogP contribution in [0.25, 0.3) is 0 Å². The Labute approximate surface area is 216 Å². The highest BCUT2D eigenvalue weighted by Crippen LogP contribution is 2.34. The van der Waals surface area contributed by atoms with Gasteiger partial charge in [0.2, 0.25) is 5.91 Å². The van der Waals surface area contributed by atoms with Crippen molar-refractivity contribution in [2.45, 2.75) is 63.8 Å². The lowest BCUT2D eigenvalue weighted by atomic mass is 9.81. The van der Waals surface area contributed by atoms with E-state index in [1.54, 1.807) is 4.90 Å². The third-order valence-corrected chi connectivity index (χ3v) is 7.74. The number of amides is 2. The Hall–Kier alpha value is -3.09. The van der Waals surface area contributed by atoms with E-state index in [-0.39, 0.29) is 17.8 Å². The van der Waals surface area contributed by atoms with E-state index in [0.717, 1.165) is 62.6 Å². The molecule has 0 spiro atoms. The molecule has 2 fully saturated rings. The summed E-state index contributed by atoms with van der Waals surface area (Å²) in [6.45, 7) is 4.14. The number of carbonyl (C=O) groups excluding carboxylic acids is 2. The lowest BCUT2D eigenvalue weighted by Gasteiger charge is -2.34. The Bertz CT molecular complexity index is 1070. The van der Waals surface area contributed by atoms with Gasteiger partial charge in [-0.25, -0.2) is 0 Å². The van der Waals surface area contributed by atoms with Gasteiger partial charge in [0.25, 0.3) is 5.91 Å². The highest BCUT2D eigenvalue weighted by molar-refractivity contribution is 6.32. The van der Waals surface area contributed by atoms with Crippen molar-refractivity contribution >= 4 is 31.1 Å². The first-order valence-corrected chi connectivity index (χ1v) is 13.5. The lowest BCUT2D eigenvalue weighted by molar-refractivity contribution is -0.134. The summed E-state index contributed by atoms with van der Waals surface area (Å²) in [5, 5.41) is 11.9. The summed E-state index contributed by atoms with van der Waals surface area (Å²) >= 11 is 0. The van der Waals surface area contributed by atoms with Gasteiger partial charge in [0.15, 0.2) is 5.96 Å². The number of likely N-dealkylation sites (tertiary alicyclic amines) is 1. The normalized spacial score (nSPS) is 20.6. The van der Waals surface area contributed by atoms with E-state index in [2.05, 4.69) is 30.4 Å². The molecule has 0 aliphatic carbocycles. The maximum absolute atomic E-state index is 13.8. The molecule has 2 amide bonds. The van der Waals surface area contributed by atoms with Gasteiger partial charge in [-0.05, 0) is 49.1 Å². The Morgan fingerprint density at radius 1 is 1.11 bits per heavy atom. The molecule has 1 atom stereocenters. The molecule has 7 heteroatoms. The number of guanidine groups is 1. The van der Waals surface area contributed by atoms with Gasteiger partial charge in [-0.3, -0.25) is 19.9 Å². The second kappa shape index (κ2) is 11.8. The van der Waals surface area contributed by atoms with Gasteiger partial charge >= 0.3 is 0 Å². The second-order valence-corrected chi connectivity index (χ2v) is 10.4. The van der Waals surface area contributed by atoms with Gasteiger partial charge in [-0.15, -0.1) is 0 Å². The van der Waals surface area contributed by atoms with Crippen molar-refractivity contribution in [1.29, 1.82) is 5.41 Å². The van der Waals surface area contributed by atoms with Crippen molar-refractivity contribution in [1.82, 2.24) is 15.1 Å². The van der Waals surface area contributed by atoms with Crippen LogP contribution in [0.3, 0.4) is 0 Å². The van der Waals surface area contributed by atoms with E-state index in [1.165, 1.54) is 5.56 Å². The SMILES string of the molecule is Bc1cccc(C2(CCCC)NC(=N)N(CC3CCN(C(=O)CCCc4ccccc4)CC3)C2=O)c1. The molecule has 36 heavy (non-hydrogen) atoms. The average molecular weight is 486 g/mol. The molecule has 2 N–H and O–H groups in total. The smallest absolute Gasteiger partial charge is 0.259 e. The third kappa shape index (κ3) is 5.83. The van der Waals surface area contributed by atoms with Crippen molar-refractivity contribution in [3.05, 3.63) is 65.7 Å². The Kier molecular flexibility index (Phi) is 8.50. The summed E-state index contributed by atoms with van der Waals surface area (Å²) in [6.07, 6.45) is 6.70. The number of carbonyl (C=O) groups is 2. The molecule has 2 saturated heterocycles. The molecule has 2 aromatic rings. The average Bonchev–Trinajstić information content (AvgIpc) is 3.13. The van der Waals surface area contributed by atoms with Crippen molar-refractivity contribution in [2.24, 2.45) is 5.92 Å². The summed E-state index contributed by atoms with van der Waals surface area (Å²) in [4.78, 5) is 30.2. The summed E-state index contributed by atoms with van der Waals surface area (Å²) in [5.41, 5.74) is 2.48. The highest BCUT2D eigenvalue weighted by atomic mass is 16.2. The zero-order valence-corrected chi connectivity index (χ0v) is 21.8. The van der Waals surface area contributed by atoms with E-state index in [4.69, 9.17) is 5.41 Å². The van der Waals surface area contributed by atoms with Crippen LogP contribution in [0.5, 0.6) is 0 Å². The molecular formula is C29H39BN4O2. The fourth-order valence-corrected chi connectivity index (χ4v) is 5.56. The first-order chi connectivity index (χ1) is 17.4. The van der Waals surface area contributed by atoms with E-state index in [1.807, 2.05) is 49.1 Å². The molecule has 2 aliphatic heterocycles. The Morgan fingerprint density at radius 2 is 1.86 bits per heavy atom. The van der Waals surface area contributed by atoms with E-state index in [9.17, 15) is 9.59 Å². The largest absolute Gasteiger partial charge is 0.343 e. The topological polar surface area (TPSA) is 76.5 Å². The molecule has 4 rings (SSSR count). The predicted octanol–water partition coefficient (Wildman–Crippen LogP) is 2.96. The van der Waals surface area contributed by atoms with Crippen molar-refractivity contribution in [3.8, 4) is 0 Å². The number of benzene rings is 2. The molecule has 0 radical (unpaired) electrons. The van der Waals surface area contributed by atoms with Gasteiger partial charge in [-0.2, -0.15) is 0 Å². The number of piperidine rings is 1. The maximum Gasteiger partial charge on any atom is 0.259 e. The van der Waals surface area contributed by atoms with Gasteiger partial charge in [0, 0.05) is 26.1 Å². The molecule has 0 aromatic heterocycles. The number of hydrogen-bond acceptors (Lipinski definition) is 3. The fourth-order valence-electron chi connectivity index (χ4n) is 5.56. The lowest BCUT2D eigenvalue weighted by Crippen LogP contribution is -2.45. The van der Waals surface area contributed by atoms with Gasteiger partial charge in [0.1, 0.15) is 13.4 Å². The molecule has 1 unspecified atom stereocenters. The van der Waals surface area contributed by atoms with Crippen LogP contribution in [0.15, 0.2) is 54.6 Å². The predicted molar refractivity (Wildman–Crippen MR) is 147 cm³/mol. The molecule has 0 saturated carbocycles.